The predicted octanol–water partition coefficient (Wildman–Crippen LogP) is 1.69. The van der Waals surface area contributed by atoms with Crippen molar-refractivity contribution < 1.29 is 62.4 Å². The van der Waals surface area contributed by atoms with Crippen LogP contribution in [0.3, 0.4) is 0 Å². The molecule has 69 valence electrons. The Morgan fingerprint density at radius 1 is 1.08 bits per heavy atom. The number of halogens is 6. The molecule has 0 aliphatic heterocycles. The second-order valence-electron chi connectivity index (χ2n) is 1.42. The Hall–Kier alpha value is -0.0149. The van der Waals surface area contributed by atoms with E-state index in [1.54, 1.807) is 0 Å². The molecular formula is C3HF6HgO2. The summed E-state index contributed by atoms with van der Waals surface area (Å²) in [5.74, 6) is -2.76. The van der Waals surface area contributed by atoms with Gasteiger partial charge < -0.3 is 5.11 Å². The molecule has 0 aliphatic rings. The minimum absolute atomic E-state index is 1.04. The van der Waals surface area contributed by atoms with E-state index in [1.165, 1.54) is 0 Å². The SMILES string of the molecule is F[C](F)(F)[Hg].O=C(O)C(F)(F)F. The fourth-order valence-corrected chi connectivity index (χ4v) is 0. The number of aliphatic carboxylic acids is 1. The van der Waals surface area contributed by atoms with Crippen LogP contribution in [0.25, 0.3) is 0 Å². The first-order valence-corrected chi connectivity index (χ1v) is 4.91. The van der Waals surface area contributed by atoms with Crippen LogP contribution in [-0.2, 0) is 30.9 Å². The number of hydrogen-bond acceptors (Lipinski definition) is 1. The zero-order chi connectivity index (χ0) is 10.6. The minimum Gasteiger partial charge on any atom is -0.475 e. The summed E-state index contributed by atoms with van der Waals surface area (Å²) < 4.78 is 59.3. The van der Waals surface area contributed by atoms with E-state index in [-0.39, 0.29) is 0 Å². The van der Waals surface area contributed by atoms with Crippen LogP contribution in [0, 0.1) is 0 Å². The number of carbonyl (C=O) groups is 1. The van der Waals surface area contributed by atoms with Gasteiger partial charge in [-0.1, -0.05) is 0 Å². The summed E-state index contributed by atoms with van der Waals surface area (Å²) in [7, 11) is 0. The Labute approximate surface area is 78.5 Å². The van der Waals surface area contributed by atoms with Gasteiger partial charge in [-0.2, -0.15) is 13.2 Å². The first kappa shape index (κ1) is 14.5. The van der Waals surface area contributed by atoms with Crippen LogP contribution in [0.1, 0.15) is 0 Å². The van der Waals surface area contributed by atoms with Gasteiger partial charge in [-0.05, 0) is 0 Å². The van der Waals surface area contributed by atoms with Gasteiger partial charge in [-0.15, -0.1) is 0 Å². The van der Waals surface area contributed by atoms with Gasteiger partial charge in [-0.25, -0.2) is 4.79 Å². The molecular weight excluding hydrogens is 383 g/mol. The minimum atomic E-state index is -5.08. The van der Waals surface area contributed by atoms with E-state index in [0.29, 0.717) is 0 Å². The topological polar surface area (TPSA) is 37.3 Å². The Morgan fingerprint density at radius 3 is 1.17 bits per heavy atom. The van der Waals surface area contributed by atoms with Crippen molar-refractivity contribution in [2.75, 3.05) is 0 Å². The molecule has 0 atom stereocenters. The number of rotatable bonds is 0. The molecule has 12 heavy (non-hydrogen) atoms. The average molecular weight is 384 g/mol. The molecule has 0 amide bonds. The Kier molecular flexibility index (Phi) is 5.90. The first-order chi connectivity index (χ1) is 4.94. The van der Waals surface area contributed by atoms with E-state index in [2.05, 4.69) is 0 Å². The van der Waals surface area contributed by atoms with Gasteiger partial charge in [0.15, 0.2) is 0 Å². The molecule has 0 fully saturated rings. The zero-order valence-corrected chi connectivity index (χ0v) is 10.8. The maximum Gasteiger partial charge on any atom is 0.490 e. The van der Waals surface area contributed by atoms with Gasteiger partial charge in [0.2, 0.25) is 0 Å². The molecule has 2 nitrogen and oxygen atoms in total. The second-order valence-corrected chi connectivity index (χ2v) is 4.54. The van der Waals surface area contributed by atoms with Crippen LogP contribution in [0.5, 0.6) is 0 Å². The molecule has 0 heterocycles. The van der Waals surface area contributed by atoms with Gasteiger partial charge in [-0.3, -0.25) is 0 Å². The zero-order valence-electron chi connectivity index (χ0n) is 5.33. The predicted molar refractivity (Wildman–Crippen MR) is 19.7 cm³/mol. The van der Waals surface area contributed by atoms with Crippen molar-refractivity contribution in [3.63, 3.8) is 0 Å². The maximum absolute atomic E-state index is 10.6. The van der Waals surface area contributed by atoms with Crippen LogP contribution >= 0.6 is 0 Å². The molecule has 0 bridgehead atoms. The van der Waals surface area contributed by atoms with Crippen LogP contribution in [-0.4, -0.2) is 20.9 Å². The molecule has 9 heteroatoms. The second kappa shape index (κ2) is 4.88. The molecule has 1 N–H and O–H groups in total. The summed E-state index contributed by atoms with van der Waals surface area (Å²) in [5.41, 5.74) is 0. The normalized spacial score (nSPS) is 11.7. The maximum atomic E-state index is 10.6. The van der Waals surface area contributed by atoms with Crippen molar-refractivity contribution in [1.29, 1.82) is 0 Å². The van der Waals surface area contributed by atoms with E-state index < -0.39 is 42.0 Å². The Bertz CT molecular complexity index is 142. The summed E-state index contributed by atoms with van der Waals surface area (Å²) in [6.45, 7) is 0. The van der Waals surface area contributed by atoms with Crippen molar-refractivity contribution in [2.45, 2.75) is 9.86 Å². The largest absolute Gasteiger partial charge is 0.490 e. The number of carboxylic acids is 1. The van der Waals surface area contributed by atoms with Crippen molar-refractivity contribution in [3.8, 4) is 0 Å². The smallest absolute Gasteiger partial charge is 0.475 e. The van der Waals surface area contributed by atoms with E-state index >= 15 is 0 Å². The van der Waals surface area contributed by atoms with Gasteiger partial charge >= 0.3 is 55.1 Å². The van der Waals surface area contributed by atoms with Crippen molar-refractivity contribution in [1.82, 2.24) is 0 Å². The van der Waals surface area contributed by atoms with Gasteiger partial charge in [0.25, 0.3) is 0 Å². The van der Waals surface area contributed by atoms with Crippen LogP contribution in [0.2, 0.25) is 0 Å². The number of alkyl halides is 6. The van der Waals surface area contributed by atoms with Gasteiger partial charge in [0.05, 0.1) is 0 Å². The molecule has 0 unspecified atom stereocenters. The number of hydrogen-bond donors (Lipinski definition) is 1. The fraction of sp³-hybridized carbons (Fsp3) is 0.667. The van der Waals surface area contributed by atoms with E-state index in [4.69, 9.17) is 9.90 Å². The summed E-state index contributed by atoms with van der Waals surface area (Å²) in [6.07, 6.45) is -5.08. The molecule has 0 aliphatic carbocycles. The van der Waals surface area contributed by atoms with E-state index in [0.717, 1.165) is 0 Å². The Morgan fingerprint density at radius 2 is 1.17 bits per heavy atom. The van der Waals surface area contributed by atoms with Crippen molar-refractivity contribution >= 4 is 5.97 Å². The van der Waals surface area contributed by atoms with Crippen molar-refractivity contribution in [3.05, 3.63) is 0 Å². The molecule has 0 radical (unpaired) electrons. The van der Waals surface area contributed by atoms with Crippen LogP contribution < -0.4 is 0 Å². The third kappa shape index (κ3) is 22.5. The van der Waals surface area contributed by atoms with Gasteiger partial charge in [0.1, 0.15) is 0 Å². The fourth-order valence-electron chi connectivity index (χ4n) is 0. The first-order valence-electron chi connectivity index (χ1n) is 2.17. The van der Waals surface area contributed by atoms with Gasteiger partial charge in [0, 0.05) is 0 Å². The molecule has 0 saturated carbocycles. The quantitative estimate of drug-likeness (QED) is 0.511. The third-order valence-electron chi connectivity index (χ3n) is 0.243. The Balaban J connectivity index is 0. The van der Waals surface area contributed by atoms with Crippen LogP contribution in [0.15, 0.2) is 0 Å². The summed E-state index contributed by atoms with van der Waals surface area (Å²) in [6, 6.07) is 0. The summed E-state index contributed by atoms with van der Waals surface area (Å²) >= 11 is -1.04. The molecule has 0 aromatic carbocycles. The molecule has 0 spiro atoms. The third-order valence-corrected chi connectivity index (χ3v) is 0.243. The standard InChI is InChI=1S/C2HF3O2.CF3.Hg/c3-2(4,5)1(6)7;2-1(3)4;/h(H,6,7);;. The molecule has 0 aromatic rings. The van der Waals surface area contributed by atoms with E-state index in [9.17, 15) is 26.3 Å². The summed E-state index contributed by atoms with van der Waals surface area (Å²) in [4.78, 5) is 8.90. The van der Waals surface area contributed by atoms with Crippen molar-refractivity contribution in [2.24, 2.45) is 0 Å². The summed E-state index contributed by atoms with van der Waals surface area (Å²) in [5, 5.41) is 7.12. The molecule has 0 aromatic heterocycles. The number of carboxylic acid groups (broad SMARTS) is 1. The molecule has 0 saturated heterocycles. The average Bonchev–Trinajstić information content (AvgIpc) is 1.55. The van der Waals surface area contributed by atoms with E-state index in [1.807, 2.05) is 0 Å². The molecule has 0 rings (SSSR count). The monoisotopic (exact) mass is 385 g/mol. The van der Waals surface area contributed by atoms with Crippen LogP contribution in [0.4, 0.5) is 26.3 Å².